The first-order valence-electron chi connectivity index (χ1n) is 10.4. The third-order valence-corrected chi connectivity index (χ3v) is 7.44. The van der Waals surface area contributed by atoms with Crippen LogP contribution in [-0.2, 0) is 27.5 Å². The van der Waals surface area contributed by atoms with Gasteiger partial charge in [-0.25, -0.2) is 8.42 Å². The first-order chi connectivity index (χ1) is 16.4. The number of alkyl halides is 3. The summed E-state index contributed by atoms with van der Waals surface area (Å²) in [4.78, 5) is 12.9. The Labute approximate surface area is 205 Å². The monoisotopic (exact) mass is 524 g/mol. The zero-order valence-electron chi connectivity index (χ0n) is 18.3. The summed E-state index contributed by atoms with van der Waals surface area (Å²) in [6.45, 7) is 1.28. The number of hydrogen-bond acceptors (Lipinski definition) is 4. The Morgan fingerprint density at radius 1 is 1.11 bits per heavy atom. The maximum atomic E-state index is 13.4. The first kappa shape index (κ1) is 24.9. The average Bonchev–Trinajstić information content (AvgIpc) is 2.81. The van der Waals surface area contributed by atoms with E-state index in [1.54, 1.807) is 12.1 Å². The van der Waals surface area contributed by atoms with Crippen molar-refractivity contribution in [3.63, 3.8) is 0 Å². The Morgan fingerprint density at radius 3 is 2.51 bits per heavy atom. The van der Waals surface area contributed by atoms with E-state index in [1.807, 2.05) is 6.92 Å². The number of hydrogen-bond donors (Lipinski definition) is 1. The third kappa shape index (κ3) is 5.38. The molecule has 0 radical (unpaired) electrons. The van der Waals surface area contributed by atoms with E-state index in [0.717, 1.165) is 22.0 Å². The molecule has 1 aliphatic heterocycles. The molecule has 0 saturated heterocycles. The van der Waals surface area contributed by atoms with Crippen LogP contribution < -0.4 is 14.4 Å². The second kappa shape index (κ2) is 9.43. The second-order valence-corrected chi connectivity index (χ2v) is 10.3. The van der Waals surface area contributed by atoms with Crippen molar-refractivity contribution < 1.29 is 31.1 Å². The van der Waals surface area contributed by atoms with Crippen LogP contribution in [0.25, 0.3) is 0 Å². The Morgan fingerprint density at radius 2 is 1.83 bits per heavy atom. The van der Waals surface area contributed by atoms with Crippen LogP contribution in [-0.4, -0.2) is 27.0 Å². The van der Waals surface area contributed by atoms with Crippen molar-refractivity contribution in [2.75, 3.05) is 10.8 Å². The second-order valence-electron chi connectivity index (χ2n) is 7.98. The van der Waals surface area contributed by atoms with Gasteiger partial charge in [0.2, 0.25) is 0 Å². The lowest BCUT2D eigenvalue weighted by atomic mass is 10.1. The fourth-order valence-electron chi connectivity index (χ4n) is 3.59. The van der Waals surface area contributed by atoms with Gasteiger partial charge in [-0.1, -0.05) is 41.4 Å². The van der Waals surface area contributed by atoms with Crippen molar-refractivity contribution >= 4 is 33.2 Å². The molecule has 1 amide bonds. The fraction of sp³-hybridized carbons (Fsp3) is 0.208. The van der Waals surface area contributed by atoms with E-state index >= 15 is 0 Å². The lowest BCUT2D eigenvalue weighted by molar-refractivity contribution is -0.137. The summed E-state index contributed by atoms with van der Waals surface area (Å²) in [5.41, 5.74) is 0.459. The molecule has 35 heavy (non-hydrogen) atoms. The van der Waals surface area contributed by atoms with Crippen LogP contribution in [0.15, 0.2) is 71.6 Å². The molecule has 0 aromatic heterocycles. The number of rotatable bonds is 5. The minimum atomic E-state index is -4.51. The smallest absolute Gasteiger partial charge is 0.416 e. The molecule has 4 rings (SSSR count). The molecule has 0 aliphatic carbocycles. The third-order valence-electron chi connectivity index (χ3n) is 5.41. The number of benzene rings is 3. The van der Waals surface area contributed by atoms with Crippen molar-refractivity contribution in [2.24, 2.45) is 0 Å². The van der Waals surface area contributed by atoms with Crippen LogP contribution in [0.2, 0.25) is 5.02 Å². The normalized spacial score (nSPS) is 15.8. The van der Waals surface area contributed by atoms with Crippen molar-refractivity contribution in [3.8, 4) is 5.75 Å². The van der Waals surface area contributed by atoms with Crippen LogP contribution in [0.4, 0.5) is 18.9 Å². The topological polar surface area (TPSA) is 75.7 Å². The molecule has 0 unspecified atom stereocenters. The first-order valence-corrected chi connectivity index (χ1v) is 12.3. The SMILES string of the molecule is Cc1ccc(S(=O)(=O)N2C[C@@H](C(=O)NCc3cccc(C(F)(F)F)c3)Oc3ccc(Cl)cc32)cc1. The Hall–Kier alpha value is -3.24. The maximum Gasteiger partial charge on any atom is 0.416 e. The lowest BCUT2D eigenvalue weighted by Crippen LogP contribution is -2.50. The largest absolute Gasteiger partial charge is 0.476 e. The van der Waals surface area contributed by atoms with E-state index in [0.29, 0.717) is 0 Å². The summed E-state index contributed by atoms with van der Waals surface area (Å²) in [5.74, 6) is -0.539. The molecule has 0 spiro atoms. The molecule has 3 aromatic rings. The molecule has 0 bridgehead atoms. The van der Waals surface area contributed by atoms with Gasteiger partial charge in [-0.05, 0) is 55.0 Å². The van der Waals surface area contributed by atoms with Gasteiger partial charge in [-0.3, -0.25) is 9.10 Å². The minimum Gasteiger partial charge on any atom is -0.476 e. The lowest BCUT2D eigenvalue weighted by Gasteiger charge is -2.35. The maximum absolute atomic E-state index is 13.4. The summed E-state index contributed by atoms with van der Waals surface area (Å²) in [6.07, 6.45) is -5.75. The predicted octanol–water partition coefficient (Wildman–Crippen LogP) is 4.94. The molecule has 184 valence electrons. The molecule has 0 saturated carbocycles. The quantitative estimate of drug-likeness (QED) is 0.513. The minimum absolute atomic E-state index is 0.0269. The molecule has 1 heterocycles. The summed E-state index contributed by atoms with van der Waals surface area (Å²) >= 11 is 6.08. The van der Waals surface area contributed by atoms with Gasteiger partial charge >= 0.3 is 6.18 Å². The highest BCUT2D eigenvalue weighted by atomic mass is 35.5. The summed E-state index contributed by atoms with van der Waals surface area (Å²) in [6, 6.07) is 15.2. The van der Waals surface area contributed by atoms with E-state index in [9.17, 15) is 26.4 Å². The number of fused-ring (bicyclic) bond motifs is 1. The summed E-state index contributed by atoms with van der Waals surface area (Å²) < 4.78 is 72.6. The number of carbonyl (C=O) groups is 1. The van der Waals surface area contributed by atoms with Gasteiger partial charge < -0.3 is 10.1 Å². The number of sulfonamides is 1. The van der Waals surface area contributed by atoms with Gasteiger partial charge in [0, 0.05) is 11.6 Å². The predicted molar refractivity (Wildman–Crippen MR) is 125 cm³/mol. The van der Waals surface area contributed by atoms with Gasteiger partial charge in [-0.15, -0.1) is 0 Å². The molecule has 3 aromatic carbocycles. The van der Waals surface area contributed by atoms with Crippen molar-refractivity contribution in [1.82, 2.24) is 5.32 Å². The zero-order valence-corrected chi connectivity index (χ0v) is 19.9. The fourth-order valence-corrected chi connectivity index (χ4v) is 5.22. The van der Waals surface area contributed by atoms with Crippen LogP contribution >= 0.6 is 11.6 Å². The van der Waals surface area contributed by atoms with E-state index < -0.39 is 33.8 Å². The van der Waals surface area contributed by atoms with Crippen molar-refractivity contribution in [2.45, 2.75) is 30.6 Å². The molecule has 1 atom stereocenters. The number of halogens is 4. The van der Waals surface area contributed by atoms with E-state index in [1.165, 1.54) is 42.5 Å². The highest BCUT2D eigenvalue weighted by Gasteiger charge is 2.38. The number of nitrogens with zero attached hydrogens (tertiary/aromatic N) is 1. The van der Waals surface area contributed by atoms with Crippen LogP contribution in [0.1, 0.15) is 16.7 Å². The molecular weight excluding hydrogens is 505 g/mol. The van der Waals surface area contributed by atoms with Crippen LogP contribution in [0, 0.1) is 6.92 Å². The summed E-state index contributed by atoms with van der Waals surface area (Å²) in [5, 5.41) is 2.81. The van der Waals surface area contributed by atoms with Gasteiger partial charge in [0.15, 0.2) is 6.10 Å². The molecule has 1 aliphatic rings. The number of ether oxygens (including phenoxy) is 1. The highest BCUT2D eigenvalue weighted by Crippen LogP contribution is 2.39. The number of carbonyl (C=O) groups excluding carboxylic acids is 1. The molecule has 11 heteroatoms. The van der Waals surface area contributed by atoms with Crippen molar-refractivity contribution in [1.29, 1.82) is 0 Å². The van der Waals surface area contributed by atoms with Crippen LogP contribution in [0.3, 0.4) is 0 Å². The Balaban J connectivity index is 1.59. The van der Waals surface area contributed by atoms with E-state index in [-0.39, 0.29) is 40.0 Å². The molecule has 1 N–H and O–H groups in total. The highest BCUT2D eigenvalue weighted by molar-refractivity contribution is 7.92. The number of anilines is 1. The van der Waals surface area contributed by atoms with Gasteiger partial charge in [0.05, 0.1) is 22.7 Å². The molecular formula is C24H20ClF3N2O4S. The zero-order chi connectivity index (χ0) is 25.4. The van der Waals surface area contributed by atoms with Gasteiger partial charge in [0.1, 0.15) is 5.75 Å². The molecule has 0 fully saturated rings. The number of aryl methyl sites for hydroxylation is 1. The standard InChI is InChI=1S/C24H20ClF3N2O4S/c1-15-5-8-19(9-6-15)35(32,33)30-14-22(34-21-10-7-18(25)12-20(21)30)23(31)29-13-16-3-2-4-17(11-16)24(26,27)28/h2-12,22H,13-14H2,1H3,(H,29,31)/t22-/m0/s1. The number of nitrogens with one attached hydrogen (secondary N) is 1. The van der Waals surface area contributed by atoms with E-state index in [2.05, 4.69) is 5.32 Å². The van der Waals surface area contributed by atoms with E-state index in [4.69, 9.17) is 16.3 Å². The average molecular weight is 525 g/mol. The van der Waals surface area contributed by atoms with Gasteiger partial charge in [0.25, 0.3) is 15.9 Å². The van der Waals surface area contributed by atoms with Gasteiger partial charge in [-0.2, -0.15) is 13.2 Å². The number of amides is 1. The summed E-state index contributed by atoms with van der Waals surface area (Å²) in [7, 11) is -4.07. The Bertz CT molecular complexity index is 1360. The van der Waals surface area contributed by atoms with Crippen LogP contribution in [0.5, 0.6) is 5.75 Å². The van der Waals surface area contributed by atoms with Crippen molar-refractivity contribution in [3.05, 3.63) is 88.4 Å². The molecule has 6 nitrogen and oxygen atoms in total. The Kier molecular flexibility index (Phi) is 6.70.